The number of nitrogens with one attached hydrogen (secondary N) is 1. The monoisotopic (exact) mass is 345 g/mol. The van der Waals surface area contributed by atoms with Crippen molar-refractivity contribution in [3.63, 3.8) is 0 Å². The number of hydrogen-bond donors (Lipinski definition) is 1. The summed E-state index contributed by atoms with van der Waals surface area (Å²) in [7, 11) is 0. The molecule has 0 saturated heterocycles. The van der Waals surface area contributed by atoms with Gasteiger partial charge in [0, 0.05) is 16.6 Å². The standard InChI is InChI=1S/C13H10Cl3N3S/c1-7-11(19-2-3-20-13(19)18-7)6-17-12-9(15)4-8(14)5-10(12)16/h2-5,17H,6H2,1H3. The number of aryl methyl sites for hydroxylation is 1. The Kier molecular flexibility index (Phi) is 3.82. The number of rotatable bonds is 3. The molecule has 7 heteroatoms. The molecule has 104 valence electrons. The van der Waals surface area contributed by atoms with Crippen LogP contribution in [0.3, 0.4) is 0 Å². The molecule has 0 saturated carbocycles. The van der Waals surface area contributed by atoms with Crippen LogP contribution in [0, 0.1) is 6.92 Å². The Bertz CT molecular complexity index is 755. The van der Waals surface area contributed by atoms with E-state index in [1.165, 1.54) is 0 Å². The van der Waals surface area contributed by atoms with Crippen molar-refractivity contribution in [1.29, 1.82) is 0 Å². The van der Waals surface area contributed by atoms with Crippen molar-refractivity contribution in [3.8, 4) is 0 Å². The first-order valence-corrected chi connectivity index (χ1v) is 7.87. The number of benzene rings is 1. The lowest BCUT2D eigenvalue weighted by atomic mass is 10.3. The average molecular weight is 347 g/mol. The van der Waals surface area contributed by atoms with Gasteiger partial charge in [0.25, 0.3) is 0 Å². The minimum atomic E-state index is 0.506. The molecular weight excluding hydrogens is 337 g/mol. The summed E-state index contributed by atoms with van der Waals surface area (Å²) in [5, 5.41) is 6.79. The first-order chi connectivity index (χ1) is 9.56. The molecule has 3 nitrogen and oxygen atoms in total. The summed E-state index contributed by atoms with van der Waals surface area (Å²) >= 11 is 19.8. The van der Waals surface area contributed by atoms with Crippen LogP contribution < -0.4 is 5.32 Å². The summed E-state index contributed by atoms with van der Waals surface area (Å²) in [6, 6.07) is 3.33. The molecule has 0 aliphatic carbocycles. The highest BCUT2D eigenvalue weighted by Gasteiger charge is 2.12. The van der Waals surface area contributed by atoms with E-state index in [-0.39, 0.29) is 0 Å². The molecule has 0 amide bonds. The number of halogens is 3. The van der Waals surface area contributed by atoms with Gasteiger partial charge in [0.2, 0.25) is 0 Å². The van der Waals surface area contributed by atoms with Crippen LogP contribution in [0.15, 0.2) is 23.7 Å². The van der Waals surface area contributed by atoms with Crippen LogP contribution in [0.2, 0.25) is 15.1 Å². The Hall–Kier alpha value is -0.940. The largest absolute Gasteiger partial charge is 0.377 e. The SMILES string of the molecule is Cc1nc2sccn2c1CNc1c(Cl)cc(Cl)cc1Cl. The molecule has 0 spiro atoms. The summed E-state index contributed by atoms with van der Waals surface area (Å²) in [5.74, 6) is 0. The molecule has 0 unspecified atom stereocenters. The summed E-state index contributed by atoms with van der Waals surface area (Å²) < 4.78 is 2.06. The van der Waals surface area contributed by atoms with Gasteiger partial charge in [-0.1, -0.05) is 34.8 Å². The quantitative estimate of drug-likeness (QED) is 0.699. The Balaban J connectivity index is 1.90. The number of anilines is 1. The third kappa shape index (κ3) is 2.49. The smallest absolute Gasteiger partial charge is 0.194 e. The first-order valence-electron chi connectivity index (χ1n) is 5.85. The summed E-state index contributed by atoms with van der Waals surface area (Å²) in [6.07, 6.45) is 2.00. The van der Waals surface area contributed by atoms with Crippen molar-refractivity contribution in [2.75, 3.05) is 5.32 Å². The average Bonchev–Trinajstić information content (AvgIpc) is 2.90. The Labute approximate surface area is 135 Å². The summed E-state index contributed by atoms with van der Waals surface area (Å²) in [4.78, 5) is 5.48. The summed E-state index contributed by atoms with van der Waals surface area (Å²) in [6.45, 7) is 2.58. The second-order valence-electron chi connectivity index (χ2n) is 4.30. The van der Waals surface area contributed by atoms with Gasteiger partial charge in [-0.2, -0.15) is 0 Å². The van der Waals surface area contributed by atoms with Crippen LogP contribution in [-0.2, 0) is 6.54 Å². The molecule has 20 heavy (non-hydrogen) atoms. The highest BCUT2D eigenvalue weighted by atomic mass is 35.5. The lowest BCUT2D eigenvalue weighted by Crippen LogP contribution is -2.04. The molecule has 3 rings (SSSR count). The fourth-order valence-electron chi connectivity index (χ4n) is 2.04. The number of aromatic nitrogens is 2. The maximum atomic E-state index is 6.16. The van der Waals surface area contributed by atoms with Gasteiger partial charge in [-0.25, -0.2) is 4.98 Å². The molecule has 0 atom stereocenters. The lowest BCUT2D eigenvalue weighted by molar-refractivity contribution is 0.995. The number of fused-ring (bicyclic) bond motifs is 1. The van der Waals surface area contributed by atoms with Gasteiger partial charge < -0.3 is 5.32 Å². The van der Waals surface area contributed by atoms with Crippen LogP contribution in [0.25, 0.3) is 4.96 Å². The molecule has 2 heterocycles. The van der Waals surface area contributed by atoms with Crippen LogP contribution >= 0.6 is 46.1 Å². The van der Waals surface area contributed by atoms with E-state index in [0.717, 1.165) is 16.3 Å². The van der Waals surface area contributed by atoms with Crippen LogP contribution in [0.4, 0.5) is 5.69 Å². The number of thiazole rings is 1. The van der Waals surface area contributed by atoms with Crippen LogP contribution in [0.5, 0.6) is 0 Å². The van der Waals surface area contributed by atoms with Gasteiger partial charge in [-0.15, -0.1) is 11.3 Å². The van der Waals surface area contributed by atoms with Gasteiger partial charge >= 0.3 is 0 Å². The van der Waals surface area contributed by atoms with E-state index in [0.29, 0.717) is 27.3 Å². The zero-order chi connectivity index (χ0) is 14.3. The maximum absolute atomic E-state index is 6.16. The molecule has 3 aromatic rings. The number of nitrogens with zero attached hydrogens (tertiary/aromatic N) is 2. The second kappa shape index (κ2) is 5.45. The molecule has 2 aromatic heterocycles. The van der Waals surface area contributed by atoms with Crippen molar-refractivity contribution in [1.82, 2.24) is 9.38 Å². The molecule has 1 N–H and O–H groups in total. The molecule has 0 radical (unpaired) electrons. The fraction of sp³-hybridized carbons (Fsp3) is 0.154. The minimum absolute atomic E-state index is 0.506. The van der Waals surface area contributed by atoms with Crippen molar-refractivity contribution >= 4 is 56.8 Å². The first kappa shape index (κ1) is 14.0. The highest BCUT2D eigenvalue weighted by Crippen LogP contribution is 2.34. The predicted octanol–water partition coefficient (Wildman–Crippen LogP) is 5.28. The van der Waals surface area contributed by atoms with Crippen LogP contribution in [0.1, 0.15) is 11.4 Å². The maximum Gasteiger partial charge on any atom is 0.194 e. The van der Waals surface area contributed by atoms with Gasteiger partial charge in [0.15, 0.2) is 4.96 Å². The number of hydrogen-bond acceptors (Lipinski definition) is 3. The van der Waals surface area contributed by atoms with E-state index in [4.69, 9.17) is 34.8 Å². The van der Waals surface area contributed by atoms with Gasteiger partial charge in [-0.05, 0) is 19.1 Å². The molecule has 0 aliphatic rings. The van der Waals surface area contributed by atoms with E-state index in [1.54, 1.807) is 23.5 Å². The normalized spacial score (nSPS) is 11.2. The van der Waals surface area contributed by atoms with Crippen molar-refractivity contribution < 1.29 is 0 Å². The molecule has 0 aliphatic heterocycles. The van der Waals surface area contributed by atoms with E-state index < -0.39 is 0 Å². The van der Waals surface area contributed by atoms with E-state index in [2.05, 4.69) is 14.7 Å². The Morgan fingerprint density at radius 1 is 1.25 bits per heavy atom. The van der Waals surface area contributed by atoms with Crippen molar-refractivity contribution in [2.45, 2.75) is 13.5 Å². The van der Waals surface area contributed by atoms with E-state index >= 15 is 0 Å². The minimum Gasteiger partial charge on any atom is -0.377 e. The van der Waals surface area contributed by atoms with Gasteiger partial charge in [0.05, 0.1) is 33.7 Å². The van der Waals surface area contributed by atoms with E-state index in [9.17, 15) is 0 Å². The predicted molar refractivity (Wildman–Crippen MR) is 86.6 cm³/mol. The van der Waals surface area contributed by atoms with Crippen LogP contribution in [-0.4, -0.2) is 9.38 Å². The van der Waals surface area contributed by atoms with Crippen molar-refractivity contribution in [3.05, 3.63) is 50.2 Å². The van der Waals surface area contributed by atoms with E-state index in [1.807, 2.05) is 18.5 Å². The Morgan fingerprint density at radius 2 is 1.95 bits per heavy atom. The Morgan fingerprint density at radius 3 is 2.65 bits per heavy atom. The van der Waals surface area contributed by atoms with Gasteiger partial charge in [-0.3, -0.25) is 4.40 Å². The lowest BCUT2D eigenvalue weighted by Gasteiger charge is -2.11. The van der Waals surface area contributed by atoms with Crippen molar-refractivity contribution in [2.24, 2.45) is 0 Å². The van der Waals surface area contributed by atoms with Gasteiger partial charge in [0.1, 0.15) is 0 Å². The zero-order valence-electron chi connectivity index (χ0n) is 10.5. The third-order valence-electron chi connectivity index (χ3n) is 3.00. The zero-order valence-corrected chi connectivity index (χ0v) is 13.5. The third-order valence-corrected chi connectivity index (χ3v) is 4.57. The number of imidazole rings is 1. The molecule has 1 aromatic carbocycles. The molecule has 0 fully saturated rings. The summed E-state index contributed by atoms with van der Waals surface area (Å²) in [5.41, 5.74) is 2.76. The molecular formula is C13H10Cl3N3S. The topological polar surface area (TPSA) is 29.3 Å². The highest BCUT2D eigenvalue weighted by molar-refractivity contribution is 7.15. The molecule has 0 bridgehead atoms. The second-order valence-corrected chi connectivity index (χ2v) is 6.42. The fourth-order valence-corrected chi connectivity index (χ4v) is 3.77.